The van der Waals surface area contributed by atoms with Crippen LogP contribution >= 0.6 is 7.14 Å². The topological polar surface area (TPSA) is 78.9 Å². The first-order chi connectivity index (χ1) is 10.3. The predicted octanol–water partition coefficient (Wildman–Crippen LogP) is 1.76. The Kier molecular flexibility index (Phi) is 4.75. The van der Waals surface area contributed by atoms with E-state index in [4.69, 9.17) is 0 Å². The van der Waals surface area contributed by atoms with Crippen LogP contribution in [-0.4, -0.2) is 32.0 Å². The normalized spacial score (nSPS) is 12.2. The Morgan fingerprint density at radius 3 is 2.23 bits per heavy atom. The van der Waals surface area contributed by atoms with Crippen LogP contribution in [0.4, 0.5) is 0 Å². The van der Waals surface area contributed by atoms with E-state index in [1.807, 2.05) is 13.8 Å². The highest BCUT2D eigenvalue weighted by Gasteiger charge is 2.19. The van der Waals surface area contributed by atoms with Crippen LogP contribution in [0, 0.1) is 0 Å². The van der Waals surface area contributed by atoms with Gasteiger partial charge < -0.3 is 9.13 Å². The largest absolute Gasteiger partial charge is 0.332 e. The highest BCUT2D eigenvalue weighted by atomic mass is 31.2. The molecule has 7 nitrogen and oxygen atoms in total. The zero-order valence-corrected chi connectivity index (χ0v) is 14.5. The Labute approximate surface area is 129 Å². The van der Waals surface area contributed by atoms with E-state index in [1.165, 1.54) is 10.9 Å². The number of imidazole rings is 1. The maximum Gasteiger partial charge on any atom is 0.332 e. The molecule has 0 fully saturated rings. The van der Waals surface area contributed by atoms with Gasteiger partial charge in [0.15, 0.2) is 11.2 Å². The molecular formula is C14H23N4O3P. The lowest BCUT2D eigenvalue weighted by Crippen LogP contribution is -2.40. The van der Waals surface area contributed by atoms with Gasteiger partial charge in [-0.1, -0.05) is 13.8 Å². The third-order valence-corrected chi connectivity index (χ3v) is 4.36. The molecule has 2 aromatic heterocycles. The Morgan fingerprint density at radius 1 is 1.09 bits per heavy atom. The number of rotatable bonds is 6. The third kappa shape index (κ3) is 3.09. The zero-order valence-electron chi connectivity index (χ0n) is 13.6. The molecule has 0 radical (unpaired) electrons. The molecule has 2 rings (SSSR count). The number of aromatic nitrogens is 4. The number of nitrogens with zero attached hydrogens (tertiary/aromatic N) is 4. The minimum Gasteiger partial charge on any atom is -0.322 e. The average Bonchev–Trinajstić information content (AvgIpc) is 2.81. The summed E-state index contributed by atoms with van der Waals surface area (Å²) in [6.07, 6.45) is 3.22. The second kappa shape index (κ2) is 6.24. The summed E-state index contributed by atoms with van der Waals surface area (Å²) in [5.41, 5.74) is 0.0888. The first-order valence-electron chi connectivity index (χ1n) is 7.52. The molecule has 22 heavy (non-hydrogen) atoms. The van der Waals surface area contributed by atoms with Crippen molar-refractivity contribution in [2.75, 3.05) is 13.3 Å². The fourth-order valence-corrected chi connectivity index (χ4v) is 3.51. The molecule has 2 aromatic rings. The molecule has 0 aliphatic rings. The molecule has 0 aromatic carbocycles. The molecule has 0 aliphatic heterocycles. The van der Waals surface area contributed by atoms with Crippen molar-refractivity contribution < 1.29 is 4.57 Å². The Hall–Kier alpha value is -1.62. The first kappa shape index (κ1) is 16.7. The summed E-state index contributed by atoms with van der Waals surface area (Å²) < 4.78 is 16.5. The van der Waals surface area contributed by atoms with Crippen LogP contribution in [-0.2, 0) is 23.9 Å². The summed E-state index contributed by atoms with van der Waals surface area (Å²) in [7, 11) is -2.36. The molecule has 0 amide bonds. The van der Waals surface area contributed by atoms with Crippen molar-refractivity contribution in [2.24, 2.45) is 0 Å². The van der Waals surface area contributed by atoms with E-state index in [0.29, 0.717) is 30.7 Å². The molecule has 0 saturated carbocycles. The summed E-state index contributed by atoms with van der Waals surface area (Å²) >= 11 is 0. The van der Waals surface area contributed by atoms with Gasteiger partial charge >= 0.3 is 5.69 Å². The van der Waals surface area contributed by atoms with Gasteiger partial charge in [-0.2, -0.15) is 0 Å². The second-order valence-electron chi connectivity index (χ2n) is 5.99. The number of hydrogen-bond acceptors (Lipinski definition) is 4. The van der Waals surface area contributed by atoms with Crippen LogP contribution in [0.25, 0.3) is 11.2 Å². The van der Waals surface area contributed by atoms with Gasteiger partial charge in [-0.25, -0.2) is 9.78 Å². The van der Waals surface area contributed by atoms with Gasteiger partial charge in [-0.15, -0.1) is 0 Å². The maximum absolute atomic E-state index is 12.7. The van der Waals surface area contributed by atoms with Crippen LogP contribution in [0.3, 0.4) is 0 Å². The van der Waals surface area contributed by atoms with Crippen LogP contribution in [0.5, 0.6) is 0 Å². The van der Waals surface area contributed by atoms with E-state index in [9.17, 15) is 14.2 Å². The van der Waals surface area contributed by atoms with Gasteiger partial charge in [0.1, 0.15) is 7.14 Å². The van der Waals surface area contributed by atoms with Gasteiger partial charge in [-0.05, 0) is 26.2 Å². The van der Waals surface area contributed by atoms with Crippen molar-refractivity contribution in [3.63, 3.8) is 0 Å². The molecule has 0 saturated heterocycles. The Bertz CT molecular complexity index is 840. The van der Waals surface area contributed by atoms with Gasteiger partial charge in [0.05, 0.1) is 12.6 Å². The van der Waals surface area contributed by atoms with Crippen molar-refractivity contribution in [1.82, 2.24) is 18.7 Å². The lowest BCUT2D eigenvalue weighted by atomic mass is 10.4. The van der Waals surface area contributed by atoms with E-state index in [1.54, 1.807) is 22.5 Å². The maximum atomic E-state index is 12.7. The summed E-state index contributed by atoms with van der Waals surface area (Å²) in [6.45, 7) is 8.11. The lowest BCUT2D eigenvalue weighted by molar-refractivity contribution is 0.553. The fourth-order valence-electron chi connectivity index (χ4n) is 2.56. The SMILES string of the molecule is CCCn1c(=O)c2c(ncn2CP(C)(C)=O)n(CCC)c1=O. The number of hydrogen-bond donors (Lipinski definition) is 0. The van der Waals surface area contributed by atoms with Gasteiger partial charge in [0.2, 0.25) is 0 Å². The Morgan fingerprint density at radius 2 is 1.68 bits per heavy atom. The molecule has 2 heterocycles. The molecule has 8 heteroatoms. The third-order valence-electron chi connectivity index (χ3n) is 3.37. The monoisotopic (exact) mass is 326 g/mol. The number of fused-ring (bicyclic) bond motifs is 1. The highest BCUT2D eigenvalue weighted by Crippen LogP contribution is 2.38. The average molecular weight is 326 g/mol. The van der Waals surface area contributed by atoms with Crippen molar-refractivity contribution in [1.29, 1.82) is 0 Å². The standard InChI is InChI=1S/C14H23N4O3P/c1-5-7-17-12-11(13(19)18(8-6-2)14(17)20)16(9-15-12)10-22(3,4)21/h9H,5-8,10H2,1-4H3. The van der Waals surface area contributed by atoms with Gasteiger partial charge in [0, 0.05) is 13.1 Å². The predicted molar refractivity (Wildman–Crippen MR) is 88.3 cm³/mol. The summed E-state index contributed by atoms with van der Waals surface area (Å²) in [4.78, 5) is 29.4. The van der Waals surface area contributed by atoms with Crippen molar-refractivity contribution in [3.05, 3.63) is 27.2 Å². The Balaban J connectivity index is 2.82. The van der Waals surface area contributed by atoms with Crippen molar-refractivity contribution >= 4 is 18.3 Å². The fraction of sp³-hybridized carbons (Fsp3) is 0.643. The lowest BCUT2D eigenvalue weighted by Gasteiger charge is -2.12. The molecule has 122 valence electrons. The van der Waals surface area contributed by atoms with Crippen LogP contribution in [0.15, 0.2) is 15.9 Å². The van der Waals surface area contributed by atoms with Crippen LogP contribution in [0.2, 0.25) is 0 Å². The molecule has 0 atom stereocenters. The second-order valence-corrected chi connectivity index (χ2v) is 9.42. The summed E-state index contributed by atoms with van der Waals surface area (Å²) in [5, 5.41) is 0. The molecule has 0 aliphatic carbocycles. The van der Waals surface area contributed by atoms with E-state index >= 15 is 0 Å². The van der Waals surface area contributed by atoms with E-state index in [2.05, 4.69) is 4.98 Å². The first-order valence-corrected chi connectivity index (χ1v) is 10.3. The molecule has 0 N–H and O–H groups in total. The molecule has 0 spiro atoms. The van der Waals surface area contributed by atoms with Crippen molar-refractivity contribution in [2.45, 2.75) is 46.1 Å². The summed E-state index contributed by atoms with van der Waals surface area (Å²) in [5.74, 6) is 0. The number of aryl methyl sites for hydroxylation is 1. The quantitative estimate of drug-likeness (QED) is 0.758. The van der Waals surface area contributed by atoms with Crippen molar-refractivity contribution in [3.8, 4) is 0 Å². The van der Waals surface area contributed by atoms with E-state index in [-0.39, 0.29) is 17.5 Å². The molecular weight excluding hydrogens is 303 g/mol. The van der Waals surface area contributed by atoms with E-state index in [0.717, 1.165) is 6.42 Å². The van der Waals surface area contributed by atoms with Gasteiger partial charge in [0.25, 0.3) is 5.56 Å². The summed E-state index contributed by atoms with van der Waals surface area (Å²) in [6, 6.07) is 0. The molecule has 0 bridgehead atoms. The van der Waals surface area contributed by atoms with Crippen LogP contribution in [0.1, 0.15) is 26.7 Å². The highest BCUT2D eigenvalue weighted by molar-refractivity contribution is 7.61. The molecule has 0 unspecified atom stereocenters. The van der Waals surface area contributed by atoms with Gasteiger partial charge in [-0.3, -0.25) is 13.9 Å². The smallest absolute Gasteiger partial charge is 0.322 e. The zero-order chi connectivity index (χ0) is 16.5. The minimum absolute atomic E-state index is 0.245. The van der Waals surface area contributed by atoms with Crippen LogP contribution < -0.4 is 11.2 Å². The van der Waals surface area contributed by atoms with E-state index < -0.39 is 7.14 Å². The minimum atomic E-state index is -2.36.